The second-order valence-electron chi connectivity index (χ2n) is 5.09. The Hall–Kier alpha value is -1.10. The van der Waals surface area contributed by atoms with Crippen molar-refractivity contribution in [3.8, 4) is 0 Å². The molecule has 0 saturated carbocycles. The molecular weight excluding hydrogens is 232 g/mol. The molecule has 106 valence electrons. The van der Waals surface area contributed by atoms with Crippen LogP contribution in [0.2, 0.25) is 0 Å². The summed E-state index contributed by atoms with van der Waals surface area (Å²) in [5.74, 6) is -1.07. The number of likely N-dealkylation sites (N-methyl/N-ethyl adjacent to an activating group) is 1. The smallest absolute Gasteiger partial charge is 0.310 e. The minimum atomic E-state index is -0.925. The first kappa shape index (κ1) is 16.9. The highest BCUT2D eigenvalue weighted by molar-refractivity contribution is 5.84. The number of hydrogen-bond acceptors (Lipinski definition) is 3. The predicted octanol–water partition coefficient (Wildman–Crippen LogP) is 1.33. The second kappa shape index (κ2) is 7.36. The molecule has 0 aliphatic carbocycles. The maximum absolute atomic E-state index is 11.8. The van der Waals surface area contributed by atoms with Crippen molar-refractivity contribution < 1.29 is 14.7 Å². The van der Waals surface area contributed by atoms with Crippen molar-refractivity contribution in [2.24, 2.45) is 5.41 Å². The summed E-state index contributed by atoms with van der Waals surface area (Å²) in [7, 11) is 3.88. The Labute approximate surface area is 110 Å². The van der Waals surface area contributed by atoms with E-state index in [1.165, 1.54) is 0 Å². The number of nitrogens with zero attached hydrogens (tertiary/aromatic N) is 1. The average Bonchev–Trinajstić information content (AvgIpc) is 2.32. The fraction of sp³-hybridized carbons (Fsp3) is 0.846. The van der Waals surface area contributed by atoms with Gasteiger partial charge in [-0.3, -0.25) is 9.59 Å². The molecule has 2 N–H and O–H groups in total. The number of carbonyl (C=O) groups excluding carboxylic acids is 1. The maximum atomic E-state index is 11.8. The number of carboxylic acid groups (broad SMARTS) is 1. The van der Waals surface area contributed by atoms with Crippen LogP contribution >= 0.6 is 0 Å². The predicted molar refractivity (Wildman–Crippen MR) is 71.4 cm³/mol. The number of hydrogen-bond donors (Lipinski definition) is 2. The Balaban J connectivity index is 4.41. The Morgan fingerprint density at radius 1 is 1.28 bits per heavy atom. The number of rotatable bonds is 8. The van der Waals surface area contributed by atoms with Gasteiger partial charge in [-0.1, -0.05) is 13.8 Å². The molecule has 0 fully saturated rings. The topological polar surface area (TPSA) is 69.6 Å². The van der Waals surface area contributed by atoms with Crippen LogP contribution in [0.1, 0.15) is 40.0 Å². The van der Waals surface area contributed by atoms with Gasteiger partial charge < -0.3 is 15.3 Å². The Kier molecular flexibility index (Phi) is 6.91. The van der Waals surface area contributed by atoms with Crippen molar-refractivity contribution >= 4 is 11.9 Å². The van der Waals surface area contributed by atoms with Crippen LogP contribution in [0.4, 0.5) is 0 Å². The molecule has 1 atom stereocenters. The largest absolute Gasteiger partial charge is 0.481 e. The molecular formula is C13H26N2O3. The molecule has 0 radical (unpaired) electrons. The van der Waals surface area contributed by atoms with Gasteiger partial charge in [-0.25, -0.2) is 0 Å². The zero-order valence-electron chi connectivity index (χ0n) is 12.1. The van der Waals surface area contributed by atoms with Crippen LogP contribution in [-0.2, 0) is 9.59 Å². The summed E-state index contributed by atoms with van der Waals surface area (Å²) < 4.78 is 0. The van der Waals surface area contributed by atoms with E-state index in [9.17, 15) is 14.7 Å². The average molecular weight is 258 g/mol. The van der Waals surface area contributed by atoms with Crippen LogP contribution in [0.15, 0.2) is 0 Å². The molecule has 0 rings (SSSR count). The molecule has 0 saturated heterocycles. The number of nitrogens with one attached hydrogen (secondary N) is 1. The van der Waals surface area contributed by atoms with Crippen molar-refractivity contribution in [3.63, 3.8) is 0 Å². The van der Waals surface area contributed by atoms with Gasteiger partial charge in [0.05, 0.1) is 5.41 Å². The van der Waals surface area contributed by atoms with Gasteiger partial charge >= 0.3 is 5.97 Å². The molecule has 0 aliphatic rings. The number of carboxylic acids is 1. The first-order chi connectivity index (χ1) is 8.29. The van der Waals surface area contributed by atoms with E-state index in [0.29, 0.717) is 19.4 Å². The zero-order valence-corrected chi connectivity index (χ0v) is 12.1. The quantitative estimate of drug-likeness (QED) is 0.689. The molecule has 18 heavy (non-hydrogen) atoms. The molecule has 0 aromatic rings. The second-order valence-corrected chi connectivity index (χ2v) is 5.09. The zero-order chi connectivity index (χ0) is 14.3. The van der Waals surface area contributed by atoms with Gasteiger partial charge in [-0.2, -0.15) is 0 Å². The monoisotopic (exact) mass is 258 g/mol. The summed E-state index contributed by atoms with van der Waals surface area (Å²) in [6.45, 7) is 6.17. The van der Waals surface area contributed by atoms with Gasteiger partial charge in [-0.15, -0.1) is 0 Å². The van der Waals surface area contributed by atoms with E-state index in [-0.39, 0.29) is 18.4 Å². The highest BCUT2D eigenvalue weighted by Gasteiger charge is 2.37. The molecule has 1 unspecified atom stereocenters. The van der Waals surface area contributed by atoms with Crippen molar-refractivity contribution in [2.45, 2.75) is 46.1 Å². The normalized spacial score (nSPS) is 13.4. The van der Waals surface area contributed by atoms with Crippen LogP contribution in [0.3, 0.4) is 0 Å². The molecule has 5 heteroatoms. The summed E-state index contributed by atoms with van der Waals surface area (Å²) in [5.41, 5.74) is -0.925. The SMILES string of the molecule is CCC(CC)(CC(=O)NCC(C)N(C)C)C(=O)O. The lowest BCUT2D eigenvalue weighted by atomic mass is 9.79. The lowest BCUT2D eigenvalue weighted by Gasteiger charge is -2.26. The molecule has 0 bridgehead atoms. The first-order valence-electron chi connectivity index (χ1n) is 6.45. The lowest BCUT2D eigenvalue weighted by molar-refractivity contribution is -0.152. The number of carbonyl (C=O) groups is 2. The van der Waals surface area contributed by atoms with Crippen LogP contribution in [-0.4, -0.2) is 48.6 Å². The summed E-state index contributed by atoms with van der Waals surface area (Å²) >= 11 is 0. The van der Waals surface area contributed by atoms with Gasteiger partial charge in [0, 0.05) is 19.0 Å². The van der Waals surface area contributed by atoms with Gasteiger partial charge in [0.25, 0.3) is 0 Å². The minimum absolute atomic E-state index is 0.0511. The van der Waals surface area contributed by atoms with E-state index in [4.69, 9.17) is 0 Å². The first-order valence-corrected chi connectivity index (χ1v) is 6.45. The Morgan fingerprint density at radius 3 is 2.11 bits per heavy atom. The molecule has 0 aromatic carbocycles. The van der Waals surface area contributed by atoms with Crippen LogP contribution in [0.25, 0.3) is 0 Å². The summed E-state index contributed by atoms with van der Waals surface area (Å²) in [4.78, 5) is 25.1. The minimum Gasteiger partial charge on any atom is -0.481 e. The van der Waals surface area contributed by atoms with Gasteiger partial charge in [0.2, 0.25) is 5.91 Å². The van der Waals surface area contributed by atoms with Crippen LogP contribution in [0, 0.1) is 5.41 Å². The van der Waals surface area contributed by atoms with E-state index >= 15 is 0 Å². The van der Waals surface area contributed by atoms with E-state index in [2.05, 4.69) is 5.32 Å². The maximum Gasteiger partial charge on any atom is 0.310 e. The van der Waals surface area contributed by atoms with Crippen LogP contribution < -0.4 is 5.32 Å². The van der Waals surface area contributed by atoms with E-state index in [1.54, 1.807) is 0 Å². The summed E-state index contributed by atoms with van der Waals surface area (Å²) in [6.07, 6.45) is 0.987. The Morgan fingerprint density at radius 2 is 1.78 bits per heavy atom. The van der Waals surface area contributed by atoms with E-state index < -0.39 is 11.4 Å². The third-order valence-corrected chi connectivity index (χ3v) is 3.78. The third-order valence-electron chi connectivity index (χ3n) is 3.78. The Bertz CT molecular complexity index is 286. The number of amides is 1. The van der Waals surface area contributed by atoms with Gasteiger partial charge in [0.15, 0.2) is 0 Å². The van der Waals surface area contributed by atoms with Crippen molar-refractivity contribution in [2.75, 3.05) is 20.6 Å². The van der Waals surface area contributed by atoms with Gasteiger partial charge in [-0.05, 0) is 33.9 Å². The third kappa shape index (κ3) is 4.64. The molecule has 1 amide bonds. The van der Waals surface area contributed by atoms with Crippen molar-refractivity contribution in [1.29, 1.82) is 0 Å². The van der Waals surface area contributed by atoms with Gasteiger partial charge in [0.1, 0.15) is 0 Å². The summed E-state index contributed by atoms with van der Waals surface area (Å²) in [5, 5.41) is 12.0. The molecule has 0 spiro atoms. The standard InChI is InChI=1S/C13H26N2O3/c1-6-13(7-2,12(17)18)8-11(16)14-9-10(3)15(4)5/h10H,6-9H2,1-5H3,(H,14,16)(H,17,18). The van der Waals surface area contributed by atoms with E-state index in [1.807, 2.05) is 39.8 Å². The fourth-order valence-corrected chi connectivity index (χ4v) is 1.69. The summed E-state index contributed by atoms with van der Waals surface area (Å²) in [6, 6.07) is 0.233. The van der Waals surface area contributed by atoms with E-state index in [0.717, 1.165) is 0 Å². The van der Waals surface area contributed by atoms with Crippen molar-refractivity contribution in [1.82, 2.24) is 10.2 Å². The lowest BCUT2D eigenvalue weighted by Crippen LogP contribution is -2.41. The number of aliphatic carboxylic acids is 1. The molecule has 0 heterocycles. The highest BCUT2D eigenvalue weighted by atomic mass is 16.4. The fourth-order valence-electron chi connectivity index (χ4n) is 1.69. The molecule has 0 aromatic heterocycles. The molecule has 5 nitrogen and oxygen atoms in total. The highest BCUT2D eigenvalue weighted by Crippen LogP contribution is 2.30. The van der Waals surface area contributed by atoms with Crippen molar-refractivity contribution in [3.05, 3.63) is 0 Å². The molecule has 0 aliphatic heterocycles. The van der Waals surface area contributed by atoms with Crippen LogP contribution in [0.5, 0.6) is 0 Å².